The number of benzene rings is 1. The highest BCUT2D eigenvalue weighted by molar-refractivity contribution is 8.13. The molecule has 1 saturated heterocycles. The molecule has 2 unspecified atom stereocenters. The summed E-state index contributed by atoms with van der Waals surface area (Å²) in [4.78, 5) is 16.5. The fourth-order valence-corrected chi connectivity index (χ4v) is 5.22. The monoisotopic (exact) mass is 433 g/mol. The van der Waals surface area contributed by atoms with Crippen LogP contribution < -0.4 is 5.73 Å². The summed E-state index contributed by atoms with van der Waals surface area (Å²) in [5.41, 5.74) is 7.46. The van der Waals surface area contributed by atoms with Gasteiger partial charge in [-0.05, 0) is 36.7 Å². The lowest BCUT2D eigenvalue weighted by molar-refractivity contribution is -0.137. The van der Waals surface area contributed by atoms with Crippen LogP contribution >= 0.6 is 23.7 Å². The Bertz CT molecular complexity index is 708. The fourth-order valence-electron chi connectivity index (χ4n) is 3.09. The largest absolute Gasteiger partial charge is 0.416 e. The molecule has 2 aliphatic rings. The van der Waals surface area contributed by atoms with Crippen LogP contribution in [0, 0.1) is 0 Å². The fraction of sp³-hybridized carbons (Fsp3) is 0.529. The summed E-state index contributed by atoms with van der Waals surface area (Å²) in [6.45, 7) is 3.22. The minimum absolute atomic E-state index is 0.264. The van der Waals surface area contributed by atoms with Crippen LogP contribution in [0.25, 0.3) is 0 Å². The normalized spacial score (nSPS) is 22.6. The third kappa shape index (κ3) is 5.13. The molecule has 1 aromatic rings. The van der Waals surface area contributed by atoms with E-state index in [0.29, 0.717) is 5.75 Å². The van der Waals surface area contributed by atoms with Gasteiger partial charge in [-0.25, -0.2) is 4.41 Å². The second kappa shape index (κ2) is 8.93. The van der Waals surface area contributed by atoms with Crippen LogP contribution in [0.15, 0.2) is 29.4 Å². The third-order valence-electron chi connectivity index (χ3n) is 4.72. The van der Waals surface area contributed by atoms with E-state index in [2.05, 4.69) is 14.9 Å². The maximum absolute atomic E-state index is 12.7. The molecule has 3 rings (SSSR count). The molecule has 1 aromatic carbocycles. The molecule has 0 bridgehead atoms. The van der Waals surface area contributed by atoms with Gasteiger partial charge in [-0.15, -0.1) is 0 Å². The molecule has 28 heavy (non-hydrogen) atoms. The first-order valence-corrected chi connectivity index (χ1v) is 10.6. The standard InChI is InChI=1S/C17H22F3N5OS2/c1-23-6-8-24(9-7-23)14(15(21)26)16-25(22-11-27-16)28-10-12-2-4-13(5-3-12)17(18,19)20/h2-5,11,14,16H,6-10H2,1H3,(H2,21,26). The van der Waals surface area contributed by atoms with Crippen LogP contribution in [0.2, 0.25) is 0 Å². The molecule has 2 atom stereocenters. The molecule has 1 fully saturated rings. The van der Waals surface area contributed by atoms with Gasteiger partial charge < -0.3 is 10.6 Å². The number of halogens is 3. The van der Waals surface area contributed by atoms with Crippen molar-refractivity contribution in [1.82, 2.24) is 14.2 Å². The van der Waals surface area contributed by atoms with Gasteiger partial charge in [-0.3, -0.25) is 9.69 Å². The van der Waals surface area contributed by atoms with Crippen molar-refractivity contribution in [2.45, 2.75) is 23.3 Å². The van der Waals surface area contributed by atoms with Gasteiger partial charge in [0.1, 0.15) is 11.4 Å². The van der Waals surface area contributed by atoms with E-state index in [-0.39, 0.29) is 5.37 Å². The van der Waals surface area contributed by atoms with E-state index in [0.717, 1.165) is 43.9 Å². The number of hydrazone groups is 1. The first-order chi connectivity index (χ1) is 13.3. The number of nitrogens with zero attached hydrogens (tertiary/aromatic N) is 4. The molecular weight excluding hydrogens is 411 g/mol. The Morgan fingerprint density at radius 3 is 2.50 bits per heavy atom. The number of hydrogen-bond donors (Lipinski definition) is 1. The van der Waals surface area contributed by atoms with E-state index in [1.807, 2.05) is 7.05 Å². The van der Waals surface area contributed by atoms with Crippen molar-refractivity contribution in [3.8, 4) is 0 Å². The van der Waals surface area contributed by atoms with Crippen molar-refractivity contribution in [2.75, 3.05) is 33.2 Å². The first kappa shape index (κ1) is 21.3. The molecule has 11 heteroatoms. The number of hydrogen-bond acceptors (Lipinski definition) is 7. The van der Waals surface area contributed by atoms with E-state index >= 15 is 0 Å². The topological polar surface area (TPSA) is 65.2 Å². The molecule has 0 aromatic heterocycles. The smallest absolute Gasteiger partial charge is 0.368 e. The number of primary amides is 1. The van der Waals surface area contributed by atoms with Crippen LogP contribution in [-0.4, -0.2) is 70.3 Å². The van der Waals surface area contributed by atoms with Gasteiger partial charge in [0.2, 0.25) is 5.91 Å². The zero-order valence-electron chi connectivity index (χ0n) is 15.3. The van der Waals surface area contributed by atoms with Crippen LogP contribution in [0.3, 0.4) is 0 Å². The third-order valence-corrected chi connectivity index (χ3v) is 6.85. The zero-order valence-corrected chi connectivity index (χ0v) is 16.9. The lowest BCUT2D eigenvalue weighted by Gasteiger charge is -2.39. The molecular formula is C17H22F3N5OS2. The Labute approximate surface area is 170 Å². The van der Waals surface area contributed by atoms with Crippen molar-refractivity contribution in [3.63, 3.8) is 0 Å². The molecule has 1 amide bonds. The number of carbonyl (C=O) groups is 1. The van der Waals surface area contributed by atoms with Crippen molar-refractivity contribution in [2.24, 2.45) is 10.8 Å². The van der Waals surface area contributed by atoms with E-state index in [1.54, 1.807) is 9.96 Å². The molecule has 2 aliphatic heterocycles. The van der Waals surface area contributed by atoms with Crippen LogP contribution in [0.5, 0.6) is 0 Å². The summed E-state index contributed by atoms with van der Waals surface area (Å²) in [6.07, 6.45) is -4.34. The summed E-state index contributed by atoms with van der Waals surface area (Å²) in [5, 5.41) is 4.05. The minimum atomic E-state index is -4.34. The lowest BCUT2D eigenvalue weighted by atomic mass is 10.1. The molecule has 0 saturated carbocycles. The van der Waals surface area contributed by atoms with E-state index < -0.39 is 23.7 Å². The van der Waals surface area contributed by atoms with E-state index in [9.17, 15) is 18.0 Å². The number of piperazine rings is 1. The highest BCUT2D eigenvalue weighted by Crippen LogP contribution is 2.35. The van der Waals surface area contributed by atoms with Crippen molar-refractivity contribution < 1.29 is 18.0 Å². The molecule has 2 heterocycles. The zero-order chi connectivity index (χ0) is 20.3. The van der Waals surface area contributed by atoms with E-state index in [4.69, 9.17) is 5.73 Å². The second-order valence-electron chi connectivity index (χ2n) is 6.70. The quantitative estimate of drug-likeness (QED) is 0.695. The number of nitrogens with two attached hydrogens (primary N) is 1. The first-order valence-electron chi connectivity index (χ1n) is 8.74. The summed E-state index contributed by atoms with van der Waals surface area (Å²) >= 11 is 2.79. The van der Waals surface area contributed by atoms with Crippen LogP contribution in [0.4, 0.5) is 13.2 Å². The van der Waals surface area contributed by atoms with Gasteiger partial charge in [0.05, 0.1) is 11.1 Å². The average Bonchev–Trinajstić information content (AvgIpc) is 3.09. The molecule has 2 N–H and O–H groups in total. The number of alkyl halides is 3. The number of carbonyl (C=O) groups excluding carboxylic acids is 1. The van der Waals surface area contributed by atoms with Gasteiger partial charge in [0.15, 0.2) is 0 Å². The number of amides is 1. The predicted octanol–water partition coefficient (Wildman–Crippen LogP) is 2.27. The maximum atomic E-state index is 12.7. The van der Waals surface area contributed by atoms with Crippen molar-refractivity contribution in [3.05, 3.63) is 35.4 Å². The Balaban J connectivity index is 1.63. The van der Waals surface area contributed by atoms with Crippen molar-refractivity contribution >= 4 is 35.2 Å². The SMILES string of the molecule is CN1CCN(C(C(N)=O)C2SC=NN2SCc2ccc(C(F)(F)F)cc2)CC1. The molecule has 0 spiro atoms. The second-order valence-corrected chi connectivity index (χ2v) is 8.59. The molecule has 6 nitrogen and oxygen atoms in total. The maximum Gasteiger partial charge on any atom is 0.416 e. The number of rotatable bonds is 6. The lowest BCUT2D eigenvalue weighted by Crippen LogP contribution is -2.58. The highest BCUT2D eigenvalue weighted by atomic mass is 32.2. The summed E-state index contributed by atoms with van der Waals surface area (Å²) < 4.78 is 39.8. The van der Waals surface area contributed by atoms with Gasteiger partial charge in [0, 0.05) is 31.9 Å². The highest BCUT2D eigenvalue weighted by Gasteiger charge is 2.39. The van der Waals surface area contributed by atoms with Crippen molar-refractivity contribution in [1.29, 1.82) is 0 Å². The minimum Gasteiger partial charge on any atom is -0.368 e. The predicted molar refractivity (Wildman–Crippen MR) is 107 cm³/mol. The van der Waals surface area contributed by atoms with Gasteiger partial charge in [0.25, 0.3) is 0 Å². The summed E-state index contributed by atoms with van der Waals surface area (Å²) in [6, 6.07) is 4.59. The summed E-state index contributed by atoms with van der Waals surface area (Å²) in [5.74, 6) is 0.0495. The van der Waals surface area contributed by atoms with Crippen LogP contribution in [-0.2, 0) is 16.7 Å². The van der Waals surface area contributed by atoms with Gasteiger partial charge in [-0.2, -0.15) is 18.3 Å². The summed E-state index contributed by atoms with van der Waals surface area (Å²) in [7, 11) is 2.04. The van der Waals surface area contributed by atoms with E-state index in [1.165, 1.54) is 35.8 Å². The molecule has 0 aliphatic carbocycles. The van der Waals surface area contributed by atoms with Gasteiger partial charge in [-0.1, -0.05) is 23.9 Å². The Kier molecular flexibility index (Phi) is 6.79. The molecule has 0 radical (unpaired) electrons. The number of likely N-dealkylation sites (N-methyl/N-ethyl adjacent to an activating group) is 1. The Morgan fingerprint density at radius 1 is 1.29 bits per heavy atom. The Morgan fingerprint density at radius 2 is 1.93 bits per heavy atom. The average molecular weight is 434 g/mol. The van der Waals surface area contributed by atoms with Crippen LogP contribution in [0.1, 0.15) is 11.1 Å². The Hall–Kier alpha value is -1.43. The van der Waals surface area contributed by atoms with Gasteiger partial charge >= 0.3 is 6.18 Å². The number of thioether (sulfide) groups is 1. The molecule has 154 valence electrons.